The van der Waals surface area contributed by atoms with Gasteiger partial charge in [0.1, 0.15) is 0 Å². The topological polar surface area (TPSA) is 44.7 Å². The first-order chi connectivity index (χ1) is 6.16. The lowest BCUT2D eigenvalue weighted by Gasteiger charge is -2.32. The van der Waals surface area contributed by atoms with Crippen LogP contribution in [-0.2, 0) is 4.79 Å². The first-order valence-electron chi connectivity index (χ1n) is 4.32. The van der Waals surface area contributed by atoms with Crippen molar-refractivity contribution in [2.24, 2.45) is 4.99 Å². The van der Waals surface area contributed by atoms with Crippen LogP contribution in [0.4, 0.5) is 0 Å². The maximum atomic E-state index is 11.4. The van der Waals surface area contributed by atoms with Crippen LogP contribution in [0, 0.1) is 0 Å². The van der Waals surface area contributed by atoms with Crippen LogP contribution in [0.15, 0.2) is 17.3 Å². The summed E-state index contributed by atoms with van der Waals surface area (Å²) in [5, 5.41) is 3.01. The number of carbonyl (C=O) groups is 1. The molecule has 0 aliphatic carbocycles. The summed E-state index contributed by atoms with van der Waals surface area (Å²) in [5.74, 6) is 0.101. The highest BCUT2D eigenvalue weighted by molar-refractivity contribution is 5.79. The van der Waals surface area contributed by atoms with Gasteiger partial charge in [0.05, 0.1) is 18.3 Å². The summed E-state index contributed by atoms with van der Waals surface area (Å²) < 4.78 is 0. The number of nitrogens with one attached hydrogen (secondary N) is 1. The monoisotopic (exact) mass is 181 g/mol. The second-order valence-electron chi connectivity index (χ2n) is 3.09. The standard InChI is InChI=1S/C9H15N3O/c1-7(10-3)8(2)12-5-4-11-6-9(12)13/h8,11H,1,3-6H2,2H3. The fourth-order valence-electron chi connectivity index (χ4n) is 1.34. The molecule has 13 heavy (non-hydrogen) atoms. The highest BCUT2D eigenvalue weighted by atomic mass is 16.2. The van der Waals surface area contributed by atoms with Gasteiger partial charge in [0.15, 0.2) is 0 Å². The minimum absolute atomic E-state index is 0.0351. The van der Waals surface area contributed by atoms with Crippen LogP contribution < -0.4 is 5.32 Å². The number of aliphatic imine (C=N–C) groups is 1. The van der Waals surface area contributed by atoms with Gasteiger partial charge in [-0.1, -0.05) is 6.58 Å². The molecule has 1 aliphatic rings. The minimum atomic E-state index is -0.0351. The molecule has 1 saturated heterocycles. The number of piperazine rings is 1. The molecule has 1 amide bonds. The average Bonchev–Trinajstić information content (AvgIpc) is 2.16. The first kappa shape index (κ1) is 9.92. The van der Waals surface area contributed by atoms with Gasteiger partial charge in [-0.25, -0.2) is 0 Å². The molecule has 1 rings (SSSR count). The van der Waals surface area contributed by atoms with Gasteiger partial charge < -0.3 is 10.2 Å². The van der Waals surface area contributed by atoms with E-state index in [-0.39, 0.29) is 11.9 Å². The zero-order chi connectivity index (χ0) is 9.84. The summed E-state index contributed by atoms with van der Waals surface area (Å²) in [6, 6.07) is -0.0351. The fourth-order valence-corrected chi connectivity index (χ4v) is 1.34. The van der Waals surface area contributed by atoms with Gasteiger partial charge in [0.2, 0.25) is 5.91 Å². The van der Waals surface area contributed by atoms with Crippen molar-refractivity contribution in [3.8, 4) is 0 Å². The molecule has 4 heteroatoms. The number of carbonyl (C=O) groups excluding carboxylic acids is 1. The van der Waals surface area contributed by atoms with Crippen LogP contribution in [0.2, 0.25) is 0 Å². The van der Waals surface area contributed by atoms with Gasteiger partial charge in [0, 0.05) is 13.1 Å². The number of hydrogen-bond acceptors (Lipinski definition) is 3. The van der Waals surface area contributed by atoms with Gasteiger partial charge in [-0.3, -0.25) is 9.79 Å². The molecule has 0 saturated carbocycles. The largest absolute Gasteiger partial charge is 0.332 e. The molecule has 1 N–H and O–H groups in total. The number of hydrogen-bond donors (Lipinski definition) is 1. The zero-order valence-electron chi connectivity index (χ0n) is 7.92. The quantitative estimate of drug-likeness (QED) is 0.624. The van der Waals surface area contributed by atoms with E-state index in [1.165, 1.54) is 0 Å². The predicted octanol–water partition coefficient (Wildman–Crippen LogP) is 0.0210. The van der Waals surface area contributed by atoms with Crippen LogP contribution in [0.5, 0.6) is 0 Å². The van der Waals surface area contributed by atoms with E-state index in [2.05, 4.69) is 23.6 Å². The molecule has 1 aliphatic heterocycles. The van der Waals surface area contributed by atoms with Crippen LogP contribution >= 0.6 is 0 Å². The van der Waals surface area contributed by atoms with Crippen molar-refractivity contribution < 1.29 is 4.79 Å². The van der Waals surface area contributed by atoms with Crippen molar-refractivity contribution in [3.05, 3.63) is 12.3 Å². The lowest BCUT2D eigenvalue weighted by Crippen LogP contribution is -2.51. The average molecular weight is 181 g/mol. The molecule has 0 bridgehead atoms. The third-order valence-corrected chi connectivity index (χ3v) is 2.28. The molecule has 4 nitrogen and oxygen atoms in total. The molecule has 0 spiro atoms. The molecule has 1 heterocycles. The van der Waals surface area contributed by atoms with E-state index < -0.39 is 0 Å². The van der Waals surface area contributed by atoms with Gasteiger partial charge in [-0.15, -0.1) is 0 Å². The summed E-state index contributed by atoms with van der Waals surface area (Å²) >= 11 is 0. The SMILES string of the molecule is C=NC(=C)C(C)N1CCNCC1=O. The molecule has 1 atom stereocenters. The predicted molar refractivity (Wildman–Crippen MR) is 52.7 cm³/mol. The van der Waals surface area contributed by atoms with Gasteiger partial charge in [-0.05, 0) is 13.6 Å². The van der Waals surface area contributed by atoms with Crippen molar-refractivity contribution in [1.82, 2.24) is 10.2 Å². The van der Waals surface area contributed by atoms with E-state index in [9.17, 15) is 4.79 Å². The Morgan fingerprint density at radius 3 is 3.00 bits per heavy atom. The Morgan fingerprint density at radius 1 is 1.77 bits per heavy atom. The lowest BCUT2D eigenvalue weighted by molar-refractivity contribution is -0.133. The Labute approximate surface area is 78.3 Å². The molecule has 1 fully saturated rings. The Kier molecular flexibility index (Phi) is 3.19. The Hall–Kier alpha value is -1.16. The third kappa shape index (κ3) is 2.15. The second-order valence-corrected chi connectivity index (χ2v) is 3.09. The molecular weight excluding hydrogens is 166 g/mol. The van der Waals surface area contributed by atoms with Crippen LogP contribution in [-0.4, -0.2) is 43.2 Å². The molecule has 72 valence electrons. The van der Waals surface area contributed by atoms with Gasteiger partial charge in [-0.2, -0.15) is 0 Å². The number of nitrogens with zero attached hydrogens (tertiary/aromatic N) is 2. The summed E-state index contributed by atoms with van der Waals surface area (Å²) in [6.07, 6.45) is 0. The summed E-state index contributed by atoms with van der Waals surface area (Å²) in [6.45, 7) is 11.0. The van der Waals surface area contributed by atoms with E-state index in [1.807, 2.05) is 6.92 Å². The molecular formula is C9H15N3O. The molecule has 0 radical (unpaired) electrons. The second kappa shape index (κ2) is 4.18. The van der Waals surface area contributed by atoms with Crippen LogP contribution in [0.1, 0.15) is 6.92 Å². The van der Waals surface area contributed by atoms with Crippen molar-refractivity contribution in [1.29, 1.82) is 0 Å². The number of amides is 1. The smallest absolute Gasteiger partial charge is 0.237 e. The maximum Gasteiger partial charge on any atom is 0.237 e. The van der Waals surface area contributed by atoms with Crippen LogP contribution in [0.25, 0.3) is 0 Å². The molecule has 0 aromatic heterocycles. The number of rotatable bonds is 3. The Balaban J connectivity index is 2.63. The Bertz CT molecular complexity index is 237. The van der Waals surface area contributed by atoms with E-state index in [0.717, 1.165) is 6.54 Å². The molecule has 1 unspecified atom stereocenters. The van der Waals surface area contributed by atoms with Crippen molar-refractivity contribution >= 4 is 12.6 Å². The summed E-state index contributed by atoms with van der Waals surface area (Å²) in [5.41, 5.74) is 0.648. The van der Waals surface area contributed by atoms with E-state index in [0.29, 0.717) is 18.8 Å². The van der Waals surface area contributed by atoms with Crippen molar-refractivity contribution in [3.63, 3.8) is 0 Å². The minimum Gasteiger partial charge on any atom is -0.332 e. The normalized spacial score (nSPS) is 19.8. The Morgan fingerprint density at radius 2 is 2.46 bits per heavy atom. The fraction of sp³-hybridized carbons (Fsp3) is 0.556. The maximum absolute atomic E-state index is 11.4. The zero-order valence-corrected chi connectivity index (χ0v) is 7.92. The van der Waals surface area contributed by atoms with Crippen molar-refractivity contribution in [2.75, 3.05) is 19.6 Å². The molecule has 0 aromatic carbocycles. The summed E-state index contributed by atoms with van der Waals surface area (Å²) in [7, 11) is 0. The van der Waals surface area contributed by atoms with E-state index >= 15 is 0 Å². The van der Waals surface area contributed by atoms with Crippen molar-refractivity contribution in [2.45, 2.75) is 13.0 Å². The summed E-state index contributed by atoms with van der Waals surface area (Å²) in [4.78, 5) is 16.9. The van der Waals surface area contributed by atoms with E-state index in [1.54, 1.807) is 4.90 Å². The lowest BCUT2D eigenvalue weighted by atomic mass is 10.2. The first-order valence-corrected chi connectivity index (χ1v) is 4.32. The third-order valence-electron chi connectivity index (χ3n) is 2.28. The van der Waals surface area contributed by atoms with Gasteiger partial charge in [0.25, 0.3) is 0 Å². The van der Waals surface area contributed by atoms with Gasteiger partial charge >= 0.3 is 0 Å². The highest BCUT2D eigenvalue weighted by Gasteiger charge is 2.23. The van der Waals surface area contributed by atoms with E-state index in [4.69, 9.17) is 0 Å². The highest BCUT2D eigenvalue weighted by Crippen LogP contribution is 2.10. The van der Waals surface area contributed by atoms with Crippen LogP contribution in [0.3, 0.4) is 0 Å². The molecule has 0 aromatic rings.